The van der Waals surface area contributed by atoms with Crippen LogP contribution in [-0.4, -0.2) is 44.1 Å². The molecule has 1 aromatic carbocycles. The van der Waals surface area contributed by atoms with Crippen LogP contribution in [0.4, 0.5) is 0 Å². The summed E-state index contributed by atoms with van der Waals surface area (Å²) in [6, 6.07) is 7.90. The topological polar surface area (TPSA) is 97.7 Å². The average Bonchev–Trinajstić information content (AvgIpc) is 2.28. The van der Waals surface area contributed by atoms with E-state index in [1.807, 2.05) is 0 Å². The van der Waals surface area contributed by atoms with Gasteiger partial charge in [0.2, 0.25) is 0 Å². The second-order valence-electron chi connectivity index (χ2n) is 3.98. The molecule has 1 rings (SSSR count). The van der Waals surface area contributed by atoms with Gasteiger partial charge < -0.3 is 9.84 Å². The van der Waals surface area contributed by atoms with Crippen molar-refractivity contribution in [2.75, 3.05) is 18.6 Å². The Hall–Kier alpha value is -1.89. The van der Waals surface area contributed by atoms with E-state index in [1.54, 1.807) is 18.2 Å². The number of carboxylic acids is 1. The highest BCUT2D eigenvalue weighted by Crippen LogP contribution is 2.17. The van der Waals surface area contributed by atoms with Crippen molar-refractivity contribution in [2.45, 2.75) is 5.92 Å². The Kier molecular flexibility index (Phi) is 5.05. The van der Waals surface area contributed by atoms with Gasteiger partial charge in [0, 0.05) is 6.26 Å². The normalized spacial score (nSPS) is 12.7. The standard InChI is InChI=1S/C12H14O6S/c1-19(16,17)8-7-18-12(15)10(11(13)14)9-5-3-2-4-6-9/h2-6,10H,7-8H2,1H3,(H,13,14). The maximum atomic E-state index is 11.7. The molecule has 0 aliphatic carbocycles. The summed E-state index contributed by atoms with van der Waals surface area (Å²) in [6.45, 7) is -0.353. The molecule has 7 heteroatoms. The molecule has 0 radical (unpaired) electrons. The number of carbonyl (C=O) groups is 2. The Morgan fingerprint density at radius 1 is 1.26 bits per heavy atom. The van der Waals surface area contributed by atoms with E-state index in [1.165, 1.54) is 12.1 Å². The van der Waals surface area contributed by atoms with Crippen molar-refractivity contribution in [1.29, 1.82) is 0 Å². The zero-order valence-electron chi connectivity index (χ0n) is 10.3. The first-order valence-corrected chi connectivity index (χ1v) is 7.49. The second kappa shape index (κ2) is 6.33. The van der Waals surface area contributed by atoms with Gasteiger partial charge >= 0.3 is 11.9 Å². The van der Waals surface area contributed by atoms with Crippen LogP contribution in [0.2, 0.25) is 0 Å². The molecule has 1 unspecified atom stereocenters. The summed E-state index contributed by atoms with van der Waals surface area (Å²) in [5.74, 6) is -4.08. The number of esters is 1. The summed E-state index contributed by atoms with van der Waals surface area (Å²) in [5, 5.41) is 9.04. The van der Waals surface area contributed by atoms with Crippen molar-refractivity contribution in [3.63, 3.8) is 0 Å². The maximum absolute atomic E-state index is 11.7. The quantitative estimate of drug-likeness (QED) is 0.602. The zero-order chi connectivity index (χ0) is 14.5. The fourth-order valence-corrected chi connectivity index (χ4v) is 1.79. The maximum Gasteiger partial charge on any atom is 0.324 e. The van der Waals surface area contributed by atoms with Crippen LogP contribution in [0.5, 0.6) is 0 Å². The summed E-state index contributed by atoms with van der Waals surface area (Å²) in [4.78, 5) is 22.8. The first-order valence-electron chi connectivity index (χ1n) is 5.43. The van der Waals surface area contributed by atoms with Gasteiger partial charge in [0.1, 0.15) is 6.61 Å². The molecule has 0 amide bonds. The third-order valence-electron chi connectivity index (χ3n) is 2.31. The van der Waals surface area contributed by atoms with Crippen molar-refractivity contribution in [3.05, 3.63) is 35.9 Å². The third kappa shape index (κ3) is 5.09. The summed E-state index contributed by atoms with van der Waals surface area (Å²) in [6.07, 6.45) is 1.01. The molecule has 0 fully saturated rings. The number of ether oxygens (including phenoxy) is 1. The first-order chi connectivity index (χ1) is 8.81. The summed E-state index contributed by atoms with van der Waals surface area (Å²) >= 11 is 0. The van der Waals surface area contributed by atoms with Crippen molar-refractivity contribution < 1.29 is 27.9 Å². The van der Waals surface area contributed by atoms with Gasteiger partial charge in [-0.2, -0.15) is 0 Å². The minimum absolute atomic E-state index is 0.291. The van der Waals surface area contributed by atoms with E-state index in [2.05, 4.69) is 0 Å². The van der Waals surface area contributed by atoms with Crippen LogP contribution in [0, 0.1) is 0 Å². The van der Waals surface area contributed by atoms with E-state index in [0.717, 1.165) is 6.26 Å². The number of hydrogen-bond donors (Lipinski definition) is 1. The lowest BCUT2D eigenvalue weighted by molar-refractivity contribution is -0.153. The SMILES string of the molecule is CS(=O)(=O)CCOC(=O)C(C(=O)O)c1ccccc1. The Morgan fingerprint density at radius 2 is 1.84 bits per heavy atom. The molecular formula is C12H14O6S. The van der Waals surface area contributed by atoms with Gasteiger partial charge in [-0.15, -0.1) is 0 Å². The fourth-order valence-electron chi connectivity index (χ4n) is 1.40. The van der Waals surface area contributed by atoms with Crippen LogP contribution >= 0.6 is 0 Å². The minimum atomic E-state index is -3.26. The molecule has 0 saturated heterocycles. The van der Waals surface area contributed by atoms with Gasteiger partial charge in [-0.3, -0.25) is 9.59 Å². The fraction of sp³-hybridized carbons (Fsp3) is 0.333. The van der Waals surface area contributed by atoms with Crippen molar-refractivity contribution in [1.82, 2.24) is 0 Å². The first kappa shape index (κ1) is 15.2. The Balaban J connectivity index is 2.73. The van der Waals surface area contributed by atoms with Gasteiger partial charge in [0.15, 0.2) is 15.8 Å². The van der Waals surface area contributed by atoms with E-state index in [4.69, 9.17) is 9.84 Å². The van der Waals surface area contributed by atoms with E-state index < -0.39 is 27.7 Å². The second-order valence-corrected chi connectivity index (χ2v) is 6.24. The molecule has 19 heavy (non-hydrogen) atoms. The van der Waals surface area contributed by atoms with Crippen LogP contribution in [0.3, 0.4) is 0 Å². The Labute approximate surface area is 110 Å². The molecule has 0 bridgehead atoms. The van der Waals surface area contributed by atoms with Gasteiger partial charge in [-0.05, 0) is 5.56 Å². The van der Waals surface area contributed by atoms with Crippen LogP contribution in [0.25, 0.3) is 0 Å². The molecule has 0 heterocycles. The Bertz CT molecular complexity index is 549. The van der Waals surface area contributed by atoms with Crippen LogP contribution < -0.4 is 0 Å². The summed E-state index contributed by atoms with van der Waals surface area (Å²) in [7, 11) is -3.26. The lowest BCUT2D eigenvalue weighted by atomic mass is 10.00. The molecule has 6 nitrogen and oxygen atoms in total. The molecule has 0 aliphatic heterocycles. The van der Waals surface area contributed by atoms with Crippen molar-refractivity contribution >= 4 is 21.8 Å². The minimum Gasteiger partial charge on any atom is -0.480 e. The zero-order valence-corrected chi connectivity index (χ0v) is 11.1. The molecule has 0 spiro atoms. The van der Waals surface area contributed by atoms with E-state index in [-0.39, 0.29) is 12.4 Å². The van der Waals surface area contributed by atoms with Gasteiger partial charge in [0.25, 0.3) is 0 Å². The molecule has 1 aromatic rings. The summed E-state index contributed by atoms with van der Waals surface area (Å²) < 4.78 is 26.5. The lowest BCUT2D eigenvalue weighted by Crippen LogP contribution is -2.25. The molecule has 0 aliphatic rings. The molecule has 104 valence electrons. The molecule has 1 N–H and O–H groups in total. The van der Waals surface area contributed by atoms with Gasteiger partial charge in [-0.1, -0.05) is 30.3 Å². The average molecular weight is 286 g/mol. The predicted molar refractivity (Wildman–Crippen MR) is 67.5 cm³/mol. The molecule has 0 saturated carbocycles. The third-order valence-corrected chi connectivity index (χ3v) is 3.22. The van der Waals surface area contributed by atoms with E-state index >= 15 is 0 Å². The smallest absolute Gasteiger partial charge is 0.324 e. The number of rotatable bonds is 6. The number of sulfone groups is 1. The number of aliphatic carboxylic acids is 1. The number of carbonyl (C=O) groups excluding carboxylic acids is 1. The number of hydrogen-bond acceptors (Lipinski definition) is 5. The van der Waals surface area contributed by atoms with Crippen LogP contribution in [0.15, 0.2) is 30.3 Å². The van der Waals surface area contributed by atoms with Crippen molar-refractivity contribution in [2.24, 2.45) is 0 Å². The van der Waals surface area contributed by atoms with Gasteiger partial charge in [0.05, 0.1) is 5.75 Å². The summed E-state index contributed by atoms with van der Waals surface area (Å²) in [5.41, 5.74) is 0.291. The Morgan fingerprint density at radius 3 is 2.32 bits per heavy atom. The van der Waals surface area contributed by atoms with Crippen molar-refractivity contribution in [3.8, 4) is 0 Å². The number of carboxylic acid groups (broad SMARTS) is 1. The monoisotopic (exact) mass is 286 g/mol. The number of benzene rings is 1. The largest absolute Gasteiger partial charge is 0.480 e. The highest BCUT2D eigenvalue weighted by Gasteiger charge is 2.29. The van der Waals surface area contributed by atoms with E-state index in [9.17, 15) is 18.0 Å². The highest BCUT2D eigenvalue weighted by atomic mass is 32.2. The predicted octanol–water partition coefficient (Wildman–Crippen LogP) is 0.443. The van der Waals surface area contributed by atoms with Gasteiger partial charge in [-0.25, -0.2) is 8.42 Å². The molecule has 1 atom stereocenters. The van der Waals surface area contributed by atoms with Crippen LogP contribution in [0.1, 0.15) is 11.5 Å². The molecule has 0 aromatic heterocycles. The van der Waals surface area contributed by atoms with Crippen LogP contribution in [-0.2, 0) is 24.2 Å². The highest BCUT2D eigenvalue weighted by molar-refractivity contribution is 7.90. The molecular weight excluding hydrogens is 272 g/mol. The van der Waals surface area contributed by atoms with E-state index in [0.29, 0.717) is 5.56 Å². The lowest BCUT2D eigenvalue weighted by Gasteiger charge is -2.12.